The number of nitrogens with zero attached hydrogens (tertiary/aromatic N) is 3. The minimum Gasteiger partial charge on any atom is -0.478 e. The number of carbonyl (C=O) groups is 1. The third-order valence-electron chi connectivity index (χ3n) is 4.37. The van der Waals surface area contributed by atoms with Crippen LogP contribution in [0.3, 0.4) is 0 Å². The Kier molecular flexibility index (Phi) is 4.96. The summed E-state index contributed by atoms with van der Waals surface area (Å²) < 4.78 is 11.0. The maximum atomic E-state index is 12.7. The number of rotatable bonds is 5. The van der Waals surface area contributed by atoms with Crippen LogP contribution in [0.5, 0.6) is 5.75 Å². The molecule has 0 radical (unpaired) electrons. The van der Waals surface area contributed by atoms with Crippen LogP contribution in [0.1, 0.15) is 13.3 Å². The van der Waals surface area contributed by atoms with Crippen LogP contribution in [0, 0.1) is 10.1 Å². The lowest BCUT2D eigenvalue weighted by atomic mass is 10.1. The first-order valence-electron chi connectivity index (χ1n) is 8.16. The highest BCUT2D eigenvalue weighted by molar-refractivity contribution is 6.00. The molecule has 24 heavy (non-hydrogen) atoms. The maximum Gasteiger partial charge on any atom is 0.271 e. The highest BCUT2D eigenvalue weighted by Gasteiger charge is 2.34. The fourth-order valence-electron chi connectivity index (χ4n) is 2.98. The molecular formula is C16H21N3O5. The standard InChI is InChI=1S/C16H21N3O5/c1-2-14-16(20)18(6-5-17-7-9-23-10-8-17)13-11-12(19(21)22)3-4-15(13)24-14/h3-4,11,14H,2,5-10H2,1H3. The Bertz CT molecular complexity index is 630. The molecule has 2 aliphatic rings. The number of nitro groups is 1. The van der Waals surface area contributed by atoms with Crippen LogP contribution in [0.2, 0.25) is 0 Å². The van der Waals surface area contributed by atoms with E-state index in [0.717, 1.165) is 13.1 Å². The van der Waals surface area contributed by atoms with Gasteiger partial charge in [0, 0.05) is 38.3 Å². The zero-order valence-electron chi connectivity index (χ0n) is 13.6. The summed E-state index contributed by atoms with van der Waals surface area (Å²) in [7, 11) is 0. The van der Waals surface area contributed by atoms with Crippen molar-refractivity contribution in [1.82, 2.24) is 4.90 Å². The summed E-state index contributed by atoms with van der Waals surface area (Å²) in [4.78, 5) is 27.1. The van der Waals surface area contributed by atoms with Crippen molar-refractivity contribution in [3.05, 3.63) is 28.3 Å². The second-order valence-electron chi connectivity index (χ2n) is 5.87. The van der Waals surface area contributed by atoms with Gasteiger partial charge in [-0.05, 0) is 12.5 Å². The number of anilines is 1. The predicted molar refractivity (Wildman–Crippen MR) is 87.4 cm³/mol. The molecule has 1 atom stereocenters. The Labute approximate surface area is 140 Å². The molecule has 0 saturated carbocycles. The topological polar surface area (TPSA) is 85.2 Å². The van der Waals surface area contributed by atoms with Crippen LogP contribution >= 0.6 is 0 Å². The van der Waals surface area contributed by atoms with Crippen molar-refractivity contribution in [2.45, 2.75) is 19.4 Å². The number of hydrogen-bond acceptors (Lipinski definition) is 6. The third kappa shape index (κ3) is 3.34. The molecule has 0 bridgehead atoms. The van der Waals surface area contributed by atoms with Gasteiger partial charge in [0.1, 0.15) is 5.75 Å². The largest absolute Gasteiger partial charge is 0.478 e. The number of non-ortho nitro benzene ring substituents is 1. The van der Waals surface area contributed by atoms with Gasteiger partial charge in [-0.1, -0.05) is 6.92 Å². The molecule has 2 aliphatic heterocycles. The van der Waals surface area contributed by atoms with E-state index in [1.165, 1.54) is 12.1 Å². The van der Waals surface area contributed by atoms with Gasteiger partial charge >= 0.3 is 0 Å². The van der Waals surface area contributed by atoms with Gasteiger partial charge in [-0.3, -0.25) is 19.8 Å². The number of amides is 1. The highest BCUT2D eigenvalue weighted by Crippen LogP contribution is 2.37. The molecule has 1 fully saturated rings. The fourth-order valence-corrected chi connectivity index (χ4v) is 2.98. The lowest BCUT2D eigenvalue weighted by Gasteiger charge is -2.35. The minimum atomic E-state index is -0.538. The number of fused-ring (bicyclic) bond motifs is 1. The van der Waals surface area contributed by atoms with Gasteiger partial charge in [-0.2, -0.15) is 0 Å². The van der Waals surface area contributed by atoms with E-state index < -0.39 is 11.0 Å². The quantitative estimate of drug-likeness (QED) is 0.598. The Hall–Kier alpha value is -2.19. The smallest absolute Gasteiger partial charge is 0.271 e. The van der Waals surface area contributed by atoms with Gasteiger partial charge in [0.25, 0.3) is 11.6 Å². The van der Waals surface area contributed by atoms with E-state index in [4.69, 9.17) is 9.47 Å². The van der Waals surface area contributed by atoms with Gasteiger partial charge in [0.05, 0.1) is 23.8 Å². The maximum absolute atomic E-state index is 12.7. The molecule has 0 N–H and O–H groups in total. The van der Waals surface area contributed by atoms with Gasteiger partial charge in [0.15, 0.2) is 6.10 Å². The molecule has 0 spiro atoms. The third-order valence-corrected chi connectivity index (χ3v) is 4.37. The summed E-state index contributed by atoms with van der Waals surface area (Å²) >= 11 is 0. The number of nitro benzene ring substituents is 1. The van der Waals surface area contributed by atoms with Crippen molar-refractivity contribution in [1.29, 1.82) is 0 Å². The molecule has 1 unspecified atom stereocenters. The van der Waals surface area contributed by atoms with E-state index in [0.29, 0.717) is 44.2 Å². The number of ether oxygens (including phenoxy) is 2. The molecule has 1 saturated heterocycles. The van der Waals surface area contributed by atoms with Crippen molar-refractivity contribution < 1.29 is 19.2 Å². The molecule has 130 valence electrons. The average molecular weight is 335 g/mol. The first-order chi connectivity index (χ1) is 11.6. The minimum absolute atomic E-state index is 0.0449. The van der Waals surface area contributed by atoms with E-state index in [1.54, 1.807) is 11.0 Å². The number of hydrogen-bond donors (Lipinski definition) is 0. The van der Waals surface area contributed by atoms with E-state index in [1.807, 2.05) is 6.92 Å². The monoisotopic (exact) mass is 335 g/mol. The zero-order chi connectivity index (χ0) is 17.1. The van der Waals surface area contributed by atoms with Crippen molar-refractivity contribution in [2.75, 3.05) is 44.3 Å². The average Bonchev–Trinajstić information content (AvgIpc) is 2.60. The zero-order valence-corrected chi connectivity index (χ0v) is 13.6. The van der Waals surface area contributed by atoms with Crippen molar-refractivity contribution in [2.24, 2.45) is 0 Å². The number of benzene rings is 1. The Morgan fingerprint density at radius 1 is 1.29 bits per heavy atom. The van der Waals surface area contributed by atoms with Gasteiger partial charge in [-0.15, -0.1) is 0 Å². The SMILES string of the molecule is CCC1Oc2ccc([N+](=O)[O-])cc2N(CCN2CCOCC2)C1=O. The predicted octanol–water partition coefficient (Wildman–Crippen LogP) is 1.43. The first kappa shape index (κ1) is 16.7. The van der Waals surface area contributed by atoms with Crippen LogP contribution in [0.25, 0.3) is 0 Å². The van der Waals surface area contributed by atoms with Crippen LogP contribution < -0.4 is 9.64 Å². The second kappa shape index (κ2) is 7.14. The summed E-state index contributed by atoms with van der Waals surface area (Å²) in [5.74, 6) is 0.382. The first-order valence-corrected chi connectivity index (χ1v) is 8.16. The molecule has 1 amide bonds. The summed E-state index contributed by atoms with van der Waals surface area (Å²) in [5, 5.41) is 11.0. The summed E-state index contributed by atoms with van der Waals surface area (Å²) in [6.45, 7) is 6.11. The molecule has 8 nitrogen and oxygen atoms in total. The van der Waals surface area contributed by atoms with Gasteiger partial charge in [-0.25, -0.2) is 0 Å². The van der Waals surface area contributed by atoms with Crippen molar-refractivity contribution in [3.63, 3.8) is 0 Å². The summed E-state index contributed by atoms with van der Waals surface area (Å²) in [6.07, 6.45) is 0.0206. The van der Waals surface area contributed by atoms with Crippen LogP contribution in [-0.4, -0.2) is 61.2 Å². The van der Waals surface area contributed by atoms with Crippen LogP contribution in [-0.2, 0) is 9.53 Å². The molecule has 0 aromatic heterocycles. The number of carbonyl (C=O) groups excluding carboxylic acids is 1. The fraction of sp³-hybridized carbons (Fsp3) is 0.562. The Balaban J connectivity index is 1.83. The van der Waals surface area contributed by atoms with Gasteiger partial charge in [0.2, 0.25) is 0 Å². The number of morpholine rings is 1. The molecule has 8 heteroatoms. The van der Waals surface area contributed by atoms with E-state index in [2.05, 4.69) is 4.90 Å². The summed E-state index contributed by atoms with van der Waals surface area (Å²) in [5.41, 5.74) is 0.434. The van der Waals surface area contributed by atoms with Crippen LogP contribution in [0.15, 0.2) is 18.2 Å². The van der Waals surface area contributed by atoms with E-state index in [9.17, 15) is 14.9 Å². The van der Waals surface area contributed by atoms with E-state index in [-0.39, 0.29) is 11.6 Å². The lowest BCUT2D eigenvalue weighted by molar-refractivity contribution is -0.384. The van der Waals surface area contributed by atoms with Crippen molar-refractivity contribution >= 4 is 17.3 Å². The molecular weight excluding hydrogens is 314 g/mol. The normalized spacial score (nSPS) is 21.3. The van der Waals surface area contributed by atoms with Gasteiger partial charge < -0.3 is 14.4 Å². The van der Waals surface area contributed by atoms with Crippen molar-refractivity contribution in [3.8, 4) is 5.75 Å². The molecule has 0 aliphatic carbocycles. The Morgan fingerprint density at radius 3 is 2.71 bits per heavy atom. The lowest BCUT2D eigenvalue weighted by Crippen LogP contribution is -2.49. The molecule has 1 aromatic carbocycles. The highest BCUT2D eigenvalue weighted by atomic mass is 16.6. The molecule has 2 heterocycles. The van der Waals surface area contributed by atoms with E-state index >= 15 is 0 Å². The Morgan fingerprint density at radius 2 is 2.04 bits per heavy atom. The van der Waals surface area contributed by atoms with Crippen LogP contribution in [0.4, 0.5) is 11.4 Å². The summed E-state index contributed by atoms with van der Waals surface area (Å²) in [6, 6.07) is 4.39. The molecule has 1 aromatic rings. The second-order valence-corrected chi connectivity index (χ2v) is 5.87. The molecule has 3 rings (SSSR count).